The summed E-state index contributed by atoms with van der Waals surface area (Å²) in [7, 11) is 0. The fraction of sp³-hybridized carbons (Fsp3) is 0.312. The van der Waals surface area contributed by atoms with E-state index in [1.54, 1.807) is 0 Å². The van der Waals surface area contributed by atoms with Crippen molar-refractivity contribution in [2.75, 3.05) is 11.9 Å². The SMILES string of the molecule is N#CCOc1cccc(NC2CCCc3sccc32)c1. The second kappa shape index (κ2) is 5.98. The average molecular weight is 284 g/mol. The molecule has 0 amide bonds. The van der Waals surface area contributed by atoms with Crippen LogP contribution in [0.3, 0.4) is 0 Å². The third-order valence-corrected chi connectivity index (χ3v) is 4.53. The lowest BCUT2D eigenvalue weighted by Gasteiger charge is -2.24. The highest BCUT2D eigenvalue weighted by molar-refractivity contribution is 7.10. The smallest absolute Gasteiger partial charge is 0.174 e. The van der Waals surface area contributed by atoms with Crippen molar-refractivity contribution in [3.05, 3.63) is 46.2 Å². The highest BCUT2D eigenvalue weighted by atomic mass is 32.1. The Kier molecular flexibility index (Phi) is 3.89. The first kappa shape index (κ1) is 13.0. The van der Waals surface area contributed by atoms with Crippen LogP contribution >= 0.6 is 11.3 Å². The fourth-order valence-corrected chi connectivity index (χ4v) is 3.62. The van der Waals surface area contributed by atoms with E-state index in [9.17, 15) is 0 Å². The zero-order valence-electron chi connectivity index (χ0n) is 11.1. The summed E-state index contributed by atoms with van der Waals surface area (Å²) in [6.45, 7) is 0.0849. The maximum absolute atomic E-state index is 8.55. The number of nitriles is 1. The Bertz CT molecular complexity index is 629. The molecule has 1 unspecified atom stereocenters. The first-order valence-electron chi connectivity index (χ1n) is 6.79. The van der Waals surface area contributed by atoms with E-state index >= 15 is 0 Å². The highest BCUT2D eigenvalue weighted by Gasteiger charge is 2.20. The molecule has 20 heavy (non-hydrogen) atoms. The number of hydrogen-bond acceptors (Lipinski definition) is 4. The lowest BCUT2D eigenvalue weighted by Crippen LogP contribution is -2.15. The first-order chi connectivity index (χ1) is 9.86. The highest BCUT2D eigenvalue weighted by Crippen LogP contribution is 2.35. The minimum atomic E-state index is 0.0849. The van der Waals surface area contributed by atoms with Crippen molar-refractivity contribution in [2.24, 2.45) is 0 Å². The molecular formula is C16H16N2OS. The van der Waals surface area contributed by atoms with Crippen LogP contribution in [0.1, 0.15) is 29.3 Å². The summed E-state index contributed by atoms with van der Waals surface area (Å²) in [4.78, 5) is 1.51. The summed E-state index contributed by atoms with van der Waals surface area (Å²) in [6, 6.07) is 12.4. The number of rotatable bonds is 4. The van der Waals surface area contributed by atoms with Crippen molar-refractivity contribution in [2.45, 2.75) is 25.3 Å². The Morgan fingerprint density at radius 1 is 1.40 bits per heavy atom. The lowest BCUT2D eigenvalue weighted by molar-refractivity contribution is 0.368. The standard InChI is InChI=1S/C16H16N2OS/c17-8-9-19-13-4-1-3-12(11-13)18-15-5-2-6-16-14(15)7-10-20-16/h1,3-4,7,10-11,15,18H,2,5-6,9H2. The van der Waals surface area contributed by atoms with E-state index < -0.39 is 0 Å². The van der Waals surface area contributed by atoms with Gasteiger partial charge in [-0.25, -0.2) is 0 Å². The number of hydrogen-bond donors (Lipinski definition) is 1. The first-order valence-corrected chi connectivity index (χ1v) is 7.67. The van der Waals surface area contributed by atoms with Gasteiger partial charge in [0.2, 0.25) is 0 Å². The molecule has 0 bridgehead atoms. The fourth-order valence-electron chi connectivity index (χ4n) is 2.63. The maximum atomic E-state index is 8.55. The van der Waals surface area contributed by atoms with Crippen LogP contribution in [-0.4, -0.2) is 6.61 Å². The van der Waals surface area contributed by atoms with Crippen molar-refractivity contribution in [1.29, 1.82) is 5.26 Å². The van der Waals surface area contributed by atoms with E-state index in [-0.39, 0.29) is 6.61 Å². The molecule has 1 aliphatic carbocycles. The molecule has 1 N–H and O–H groups in total. The molecule has 4 heteroatoms. The number of nitrogens with one attached hydrogen (secondary N) is 1. The van der Waals surface area contributed by atoms with Crippen LogP contribution in [-0.2, 0) is 6.42 Å². The molecule has 1 aliphatic rings. The van der Waals surface area contributed by atoms with Crippen LogP contribution in [0.25, 0.3) is 0 Å². The van der Waals surface area contributed by atoms with Crippen molar-refractivity contribution in [1.82, 2.24) is 0 Å². The maximum Gasteiger partial charge on any atom is 0.174 e. The normalized spacial score (nSPS) is 17.1. The molecule has 0 aliphatic heterocycles. The van der Waals surface area contributed by atoms with Gasteiger partial charge in [0.15, 0.2) is 6.61 Å². The molecule has 0 saturated heterocycles. The largest absolute Gasteiger partial charge is 0.479 e. The van der Waals surface area contributed by atoms with E-state index in [0.29, 0.717) is 6.04 Å². The predicted molar refractivity (Wildman–Crippen MR) is 81.2 cm³/mol. The van der Waals surface area contributed by atoms with Gasteiger partial charge < -0.3 is 10.1 Å². The van der Waals surface area contributed by atoms with Gasteiger partial charge in [-0.15, -0.1) is 11.3 Å². The zero-order chi connectivity index (χ0) is 13.8. The third kappa shape index (κ3) is 2.78. The van der Waals surface area contributed by atoms with Crippen LogP contribution in [0.4, 0.5) is 5.69 Å². The molecule has 0 spiro atoms. The molecule has 0 fully saturated rings. The average Bonchev–Trinajstić information content (AvgIpc) is 2.95. The number of anilines is 1. The molecule has 0 saturated carbocycles. The lowest BCUT2D eigenvalue weighted by atomic mass is 9.94. The van der Waals surface area contributed by atoms with Crippen molar-refractivity contribution >= 4 is 17.0 Å². The van der Waals surface area contributed by atoms with E-state index in [1.807, 2.05) is 41.7 Å². The number of ether oxygens (including phenoxy) is 1. The number of benzene rings is 1. The van der Waals surface area contributed by atoms with Crippen molar-refractivity contribution < 1.29 is 4.74 Å². The number of thiophene rings is 1. The van der Waals surface area contributed by atoms with Gasteiger partial charge in [-0.05, 0) is 48.4 Å². The van der Waals surface area contributed by atoms with Gasteiger partial charge in [0, 0.05) is 16.6 Å². The van der Waals surface area contributed by atoms with Crippen LogP contribution in [0.2, 0.25) is 0 Å². The molecule has 1 aromatic heterocycles. The van der Waals surface area contributed by atoms with Gasteiger partial charge in [0.25, 0.3) is 0 Å². The Labute approximate surface area is 122 Å². The summed E-state index contributed by atoms with van der Waals surface area (Å²) in [5.41, 5.74) is 2.48. The van der Waals surface area contributed by atoms with E-state index in [1.165, 1.54) is 23.3 Å². The van der Waals surface area contributed by atoms with Crippen LogP contribution in [0, 0.1) is 11.3 Å². The summed E-state index contributed by atoms with van der Waals surface area (Å²) < 4.78 is 5.34. The van der Waals surface area contributed by atoms with Gasteiger partial charge >= 0.3 is 0 Å². The van der Waals surface area contributed by atoms with Crippen molar-refractivity contribution in [3.63, 3.8) is 0 Å². The summed E-state index contributed by atoms with van der Waals surface area (Å²) >= 11 is 1.85. The second-order valence-corrected chi connectivity index (χ2v) is 5.86. The van der Waals surface area contributed by atoms with Gasteiger partial charge in [0.05, 0.1) is 6.04 Å². The molecule has 3 nitrogen and oxygen atoms in total. The van der Waals surface area contributed by atoms with Gasteiger partial charge in [0.1, 0.15) is 11.8 Å². The monoisotopic (exact) mass is 284 g/mol. The Morgan fingerprint density at radius 3 is 3.25 bits per heavy atom. The summed E-state index contributed by atoms with van der Waals surface area (Å²) in [5, 5.41) is 14.3. The molecule has 1 heterocycles. The number of nitrogens with zero attached hydrogens (tertiary/aromatic N) is 1. The molecule has 1 aromatic carbocycles. The topological polar surface area (TPSA) is 45.0 Å². The van der Waals surface area contributed by atoms with Crippen LogP contribution < -0.4 is 10.1 Å². The minimum Gasteiger partial charge on any atom is -0.479 e. The van der Waals surface area contributed by atoms with Crippen LogP contribution in [0.15, 0.2) is 35.7 Å². The minimum absolute atomic E-state index is 0.0849. The number of aryl methyl sites for hydroxylation is 1. The van der Waals surface area contributed by atoms with E-state index in [4.69, 9.17) is 10.00 Å². The van der Waals surface area contributed by atoms with Gasteiger partial charge in [-0.2, -0.15) is 5.26 Å². The molecule has 1 atom stereocenters. The zero-order valence-corrected chi connectivity index (χ0v) is 12.0. The van der Waals surface area contributed by atoms with E-state index in [2.05, 4.69) is 16.8 Å². The summed E-state index contributed by atoms with van der Waals surface area (Å²) in [6.07, 6.45) is 3.60. The van der Waals surface area contributed by atoms with Gasteiger partial charge in [-0.1, -0.05) is 6.07 Å². The molecular weight excluding hydrogens is 268 g/mol. The molecule has 0 radical (unpaired) electrons. The Morgan fingerprint density at radius 2 is 2.35 bits per heavy atom. The van der Waals surface area contributed by atoms with Crippen molar-refractivity contribution in [3.8, 4) is 11.8 Å². The molecule has 3 rings (SSSR count). The third-order valence-electron chi connectivity index (χ3n) is 3.53. The van der Waals surface area contributed by atoms with Gasteiger partial charge in [-0.3, -0.25) is 0 Å². The Hall–Kier alpha value is -1.99. The Balaban J connectivity index is 1.74. The summed E-state index contributed by atoms with van der Waals surface area (Å²) in [5.74, 6) is 0.734. The second-order valence-electron chi connectivity index (χ2n) is 4.86. The predicted octanol–water partition coefficient (Wildman–Crippen LogP) is 4.14. The van der Waals surface area contributed by atoms with E-state index in [0.717, 1.165) is 17.9 Å². The molecule has 2 aromatic rings. The van der Waals surface area contributed by atoms with Crippen LogP contribution in [0.5, 0.6) is 5.75 Å². The quantitative estimate of drug-likeness (QED) is 0.917. The number of fused-ring (bicyclic) bond motifs is 1. The molecule has 102 valence electrons.